The first kappa shape index (κ1) is 20.6. The van der Waals surface area contributed by atoms with E-state index in [1.165, 1.54) is 17.3 Å². The highest BCUT2D eigenvalue weighted by atomic mass is 35.5. The number of hydrogen-bond donors (Lipinski definition) is 1. The zero-order valence-electron chi connectivity index (χ0n) is 17.4. The second-order valence-electron chi connectivity index (χ2n) is 7.63. The summed E-state index contributed by atoms with van der Waals surface area (Å²) in [5, 5.41) is 5.15. The Kier molecular flexibility index (Phi) is 5.60. The monoisotopic (exact) mass is 457 g/mol. The van der Waals surface area contributed by atoms with Crippen LogP contribution in [-0.4, -0.2) is 15.6 Å². The molecule has 5 rings (SSSR count). The number of carbonyl (C=O) groups is 1. The Hall–Kier alpha value is -3.28. The Bertz CT molecular complexity index is 1390. The normalized spacial score (nSPS) is 16.2. The number of carbonyl (C=O) groups excluding carboxylic acids is 1. The molecule has 1 fully saturated rings. The second-order valence-corrected chi connectivity index (χ2v) is 9.09. The average molecular weight is 458 g/mol. The summed E-state index contributed by atoms with van der Waals surface area (Å²) in [6, 6.07) is 24.2. The summed E-state index contributed by atoms with van der Waals surface area (Å²) in [7, 11) is 0. The van der Waals surface area contributed by atoms with E-state index in [1.807, 2.05) is 55.5 Å². The van der Waals surface area contributed by atoms with Gasteiger partial charge in [-0.1, -0.05) is 66.2 Å². The molecule has 3 aromatic carbocycles. The molecule has 0 aliphatic carbocycles. The fourth-order valence-electron chi connectivity index (χ4n) is 3.74. The molecule has 1 saturated heterocycles. The minimum Gasteiger partial charge on any atom is -0.342 e. The van der Waals surface area contributed by atoms with Crippen LogP contribution in [0.25, 0.3) is 17.0 Å². The van der Waals surface area contributed by atoms with Crippen molar-refractivity contribution in [3.8, 4) is 0 Å². The molecule has 1 aliphatic rings. The average Bonchev–Trinajstić information content (AvgIpc) is 3.31. The molecule has 0 radical (unpaired) electrons. The Labute approximate surface area is 195 Å². The molecule has 32 heavy (non-hydrogen) atoms. The van der Waals surface area contributed by atoms with Crippen LogP contribution in [0.1, 0.15) is 16.7 Å². The number of nitrogens with one attached hydrogen (secondary N) is 1. The third-order valence-corrected chi connectivity index (χ3v) is 6.49. The van der Waals surface area contributed by atoms with Gasteiger partial charge in [-0.25, -0.2) is 4.99 Å². The lowest BCUT2D eigenvalue weighted by Crippen LogP contribution is -2.19. The van der Waals surface area contributed by atoms with Crippen LogP contribution in [0.2, 0.25) is 5.02 Å². The maximum atomic E-state index is 12.7. The number of rotatable bonds is 4. The van der Waals surface area contributed by atoms with E-state index in [0.717, 1.165) is 34.3 Å². The van der Waals surface area contributed by atoms with Crippen molar-refractivity contribution >= 4 is 57.1 Å². The summed E-state index contributed by atoms with van der Waals surface area (Å²) in [5.74, 6) is -0.145. The molecular weight excluding hydrogens is 438 g/mol. The molecule has 2 heterocycles. The van der Waals surface area contributed by atoms with Crippen molar-refractivity contribution in [2.45, 2.75) is 13.5 Å². The minimum atomic E-state index is -0.145. The van der Waals surface area contributed by atoms with Crippen LogP contribution in [0.3, 0.4) is 0 Å². The summed E-state index contributed by atoms with van der Waals surface area (Å²) >= 11 is 7.45. The van der Waals surface area contributed by atoms with Crippen LogP contribution >= 0.6 is 23.4 Å². The van der Waals surface area contributed by atoms with Crippen LogP contribution in [0.4, 0.5) is 5.69 Å². The first-order valence-electron chi connectivity index (χ1n) is 10.2. The standard InChI is InChI=1S/C26H20ClN3OS/c1-17-11-12-20(27)14-22(17)28-26-29-25(31)24(32-26)13-19-16-30(15-18-7-3-2-4-8-18)23-10-6-5-9-21(19)23/h2-14,16H,15H2,1H3,(H,28,29,31)/b24-13-. The van der Waals surface area contributed by atoms with Crippen molar-refractivity contribution in [2.24, 2.45) is 4.99 Å². The highest BCUT2D eigenvalue weighted by Crippen LogP contribution is 2.32. The van der Waals surface area contributed by atoms with Crippen LogP contribution in [0, 0.1) is 6.92 Å². The van der Waals surface area contributed by atoms with Gasteiger partial charge in [0, 0.05) is 34.2 Å². The fourth-order valence-corrected chi connectivity index (χ4v) is 4.73. The van der Waals surface area contributed by atoms with E-state index in [4.69, 9.17) is 11.6 Å². The predicted octanol–water partition coefficient (Wildman–Crippen LogP) is 6.54. The van der Waals surface area contributed by atoms with Gasteiger partial charge in [-0.2, -0.15) is 0 Å². The predicted molar refractivity (Wildman–Crippen MR) is 134 cm³/mol. The number of hydrogen-bond acceptors (Lipinski definition) is 3. The highest BCUT2D eigenvalue weighted by molar-refractivity contribution is 8.18. The number of benzene rings is 3. The molecule has 158 valence electrons. The lowest BCUT2D eigenvalue weighted by atomic mass is 10.1. The van der Waals surface area contributed by atoms with Gasteiger partial charge in [0.2, 0.25) is 0 Å². The van der Waals surface area contributed by atoms with E-state index in [-0.39, 0.29) is 5.91 Å². The molecule has 0 atom stereocenters. The number of aliphatic imine (C=N–C) groups is 1. The Balaban J connectivity index is 1.48. The molecular formula is C26H20ClN3OS. The molecule has 1 N–H and O–H groups in total. The first-order valence-corrected chi connectivity index (χ1v) is 11.4. The van der Waals surface area contributed by atoms with Crippen LogP contribution in [0.15, 0.2) is 88.9 Å². The van der Waals surface area contributed by atoms with E-state index in [2.05, 4.69) is 45.3 Å². The molecule has 1 aliphatic heterocycles. The number of fused-ring (bicyclic) bond motifs is 1. The van der Waals surface area contributed by atoms with Gasteiger partial charge in [0.15, 0.2) is 5.17 Å². The van der Waals surface area contributed by atoms with Gasteiger partial charge in [-0.05, 0) is 54.1 Å². The Morgan fingerprint density at radius 1 is 1.06 bits per heavy atom. The quantitative estimate of drug-likeness (QED) is 0.353. The molecule has 1 amide bonds. The minimum absolute atomic E-state index is 0.145. The van der Waals surface area contributed by atoms with Gasteiger partial charge in [0.1, 0.15) is 0 Å². The molecule has 4 nitrogen and oxygen atoms in total. The molecule has 6 heteroatoms. The maximum absolute atomic E-state index is 12.7. The summed E-state index contributed by atoms with van der Waals surface area (Å²) in [6.45, 7) is 2.74. The van der Waals surface area contributed by atoms with E-state index in [1.54, 1.807) is 6.07 Å². The number of halogens is 1. The van der Waals surface area contributed by atoms with Crippen LogP contribution < -0.4 is 5.32 Å². The number of para-hydroxylation sites is 1. The van der Waals surface area contributed by atoms with E-state index in [0.29, 0.717) is 15.1 Å². The van der Waals surface area contributed by atoms with E-state index < -0.39 is 0 Å². The second kappa shape index (κ2) is 8.69. The Morgan fingerprint density at radius 2 is 1.84 bits per heavy atom. The Morgan fingerprint density at radius 3 is 2.69 bits per heavy atom. The van der Waals surface area contributed by atoms with E-state index in [9.17, 15) is 4.79 Å². The topological polar surface area (TPSA) is 46.4 Å². The maximum Gasteiger partial charge on any atom is 0.264 e. The molecule has 0 spiro atoms. The van der Waals surface area contributed by atoms with Gasteiger partial charge in [0.25, 0.3) is 5.91 Å². The smallest absolute Gasteiger partial charge is 0.264 e. The SMILES string of the molecule is Cc1ccc(Cl)cc1N=C1NC(=O)/C(=C/c2cn(Cc3ccccc3)c3ccccc23)S1. The summed E-state index contributed by atoms with van der Waals surface area (Å²) in [4.78, 5) is 17.9. The van der Waals surface area contributed by atoms with E-state index >= 15 is 0 Å². The molecule has 0 bridgehead atoms. The summed E-state index contributed by atoms with van der Waals surface area (Å²) in [5.41, 5.74) is 5.12. The number of aromatic nitrogens is 1. The van der Waals surface area contributed by atoms with Crippen molar-refractivity contribution in [1.29, 1.82) is 0 Å². The molecule has 1 aromatic heterocycles. The number of thioether (sulfide) groups is 1. The van der Waals surface area contributed by atoms with Gasteiger partial charge < -0.3 is 9.88 Å². The fraction of sp³-hybridized carbons (Fsp3) is 0.0769. The summed E-state index contributed by atoms with van der Waals surface area (Å²) in [6.07, 6.45) is 4.05. The third kappa shape index (κ3) is 4.22. The van der Waals surface area contributed by atoms with Gasteiger partial charge >= 0.3 is 0 Å². The molecule has 4 aromatic rings. The van der Waals surface area contributed by atoms with Gasteiger partial charge in [-0.15, -0.1) is 0 Å². The van der Waals surface area contributed by atoms with Crippen molar-refractivity contribution in [1.82, 2.24) is 9.88 Å². The molecule has 0 unspecified atom stereocenters. The highest BCUT2D eigenvalue weighted by Gasteiger charge is 2.24. The van der Waals surface area contributed by atoms with Crippen molar-refractivity contribution < 1.29 is 4.79 Å². The number of nitrogens with zero attached hydrogens (tertiary/aromatic N) is 2. The third-order valence-electron chi connectivity index (χ3n) is 5.35. The van der Waals surface area contributed by atoms with Crippen LogP contribution in [0.5, 0.6) is 0 Å². The first-order chi connectivity index (χ1) is 15.6. The van der Waals surface area contributed by atoms with Gasteiger partial charge in [0.05, 0.1) is 10.6 Å². The number of amides is 1. The van der Waals surface area contributed by atoms with Crippen molar-refractivity contribution in [2.75, 3.05) is 0 Å². The number of amidine groups is 1. The zero-order valence-corrected chi connectivity index (χ0v) is 19.0. The van der Waals surface area contributed by atoms with Crippen molar-refractivity contribution in [3.63, 3.8) is 0 Å². The summed E-state index contributed by atoms with van der Waals surface area (Å²) < 4.78 is 2.22. The lowest BCUT2D eigenvalue weighted by molar-refractivity contribution is -0.115. The van der Waals surface area contributed by atoms with Crippen LogP contribution in [-0.2, 0) is 11.3 Å². The lowest BCUT2D eigenvalue weighted by Gasteiger charge is -2.05. The zero-order chi connectivity index (χ0) is 22.1. The number of aryl methyl sites for hydroxylation is 1. The van der Waals surface area contributed by atoms with Gasteiger partial charge in [-0.3, -0.25) is 4.79 Å². The molecule has 0 saturated carbocycles. The van der Waals surface area contributed by atoms with Crippen molar-refractivity contribution in [3.05, 3.63) is 106 Å². The largest absolute Gasteiger partial charge is 0.342 e.